The monoisotopic (exact) mass is 335 g/mol. The van der Waals surface area contributed by atoms with E-state index in [9.17, 15) is 9.59 Å². The Labute approximate surface area is 144 Å². The van der Waals surface area contributed by atoms with Crippen LogP contribution in [0.1, 0.15) is 5.56 Å². The number of imidazole rings is 1. The highest BCUT2D eigenvalue weighted by molar-refractivity contribution is 5.97. The molecule has 6 nitrogen and oxygen atoms in total. The van der Waals surface area contributed by atoms with E-state index in [1.54, 1.807) is 15.8 Å². The summed E-state index contributed by atoms with van der Waals surface area (Å²) in [6.45, 7) is 0.409. The van der Waals surface area contributed by atoms with Gasteiger partial charge in [-0.15, -0.1) is 0 Å². The Hall–Kier alpha value is -3.15. The molecule has 0 radical (unpaired) electrons. The van der Waals surface area contributed by atoms with E-state index in [0.717, 1.165) is 28.7 Å². The summed E-state index contributed by atoms with van der Waals surface area (Å²) in [5, 5.41) is 0. The number of fused-ring (bicyclic) bond motifs is 2. The van der Waals surface area contributed by atoms with Gasteiger partial charge in [0.25, 0.3) is 5.91 Å². The number of aromatic nitrogens is 2. The van der Waals surface area contributed by atoms with E-state index in [0.29, 0.717) is 6.54 Å². The molecule has 4 rings (SSSR count). The zero-order valence-corrected chi connectivity index (χ0v) is 13.6. The summed E-state index contributed by atoms with van der Waals surface area (Å²) < 4.78 is 6.89. The van der Waals surface area contributed by atoms with Crippen LogP contribution < -0.4 is 4.90 Å². The van der Waals surface area contributed by atoms with Gasteiger partial charge < -0.3 is 14.2 Å². The van der Waals surface area contributed by atoms with Gasteiger partial charge in [-0.3, -0.25) is 9.59 Å². The smallest absolute Gasteiger partial charge is 0.326 e. The van der Waals surface area contributed by atoms with Crippen LogP contribution in [0.15, 0.2) is 54.9 Å². The molecule has 25 heavy (non-hydrogen) atoms. The minimum absolute atomic E-state index is 0.0321. The topological polar surface area (TPSA) is 64.4 Å². The van der Waals surface area contributed by atoms with E-state index in [1.165, 1.54) is 0 Å². The summed E-state index contributed by atoms with van der Waals surface area (Å²) >= 11 is 0. The van der Waals surface area contributed by atoms with Gasteiger partial charge in [-0.2, -0.15) is 0 Å². The van der Waals surface area contributed by atoms with Crippen LogP contribution in [-0.2, 0) is 27.3 Å². The summed E-state index contributed by atoms with van der Waals surface area (Å²) in [4.78, 5) is 30.3. The number of hydrogen-bond donors (Lipinski definition) is 0. The van der Waals surface area contributed by atoms with Crippen molar-refractivity contribution >= 4 is 28.6 Å². The minimum Gasteiger partial charge on any atom is -0.454 e. The third-order valence-corrected chi connectivity index (χ3v) is 4.37. The zero-order valence-electron chi connectivity index (χ0n) is 13.6. The Balaban J connectivity index is 1.37. The molecule has 0 saturated carbocycles. The quantitative estimate of drug-likeness (QED) is 0.686. The van der Waals surface area contributed by atoms with E-state index in [2.05, 4.69) is 4.98 Å². The standard InChI is InChI=1S/C19H17N3O3/c23-18(22-10-9-14-5-1-3-7-16(14)22)12-25-19(24)11-21-13-20-15-6-2-4-8-17(15)21/h1-8,13H,9-12H2. The number of para-hydroxylation sites is 3. The largest absolute Gasteiger partial charge is 0.454 e. The highest BCUT2D eigenvalue weighted by Gasteiger charge is 2.24. The van der Waals surface area contributed by atoms with Crippen molar-refractivity contribution in [2.24, 2.45) is 0 Å². The van der Waals surface area contributed by atoms with Gasteiger partial charge in [0, 0.05) is 12.2 Å². The third kappa shape index (κ3) is 2.98. The van der Waals surface area contributed by atoms with Crippen molar-refractivity contribution < 1.29 is 14.3 Å². The first-order valence-corrected chi connectivity index (χ1v) is 8.16. The van der Waals surface area contributed by atoms with Crippen LogP contribution in [0.4, 0.5) is 5.69 Å². The van der Waals surface area contributed by atoms with Crippen LogP contribution in [0.5, 0.6) is 0 Å². The SMILES string of the molecule is O=C(Cn1cnc2ccccc21)OCC(=O)N1CCc2ccccc21. The van der Waals surface area contributed by atoms with E-state index in [1.807, 2.05) is 48.5 Å². The molecule has 2 aromatic carbocycles. The fraction of sp³-hybridized carbons (Fsp3) is 0.211. The summed E-state index contributed by atoms with van der Waals surface area (Å²) in [5.74, 6) is -0.655. The normalized spacial score (nSPS) is 13.0. The molecule has 1 aromatic heterocycles. The number of carbonyl (C=O) groups excluding carboxylic acids is 2. The van der Waals surface area contributed by atoms with Crippen molar-refractivity contribution in [2.45, 2.75) is 13.0 Å². The Bertz CT molecular complexity index is 948. The van der Waals surface area contributed by atoms with Gasteiger partial charge in [-0.05, 0) is 30.2 Å². The molecular formula is C19H17N3O3. The van der Waals surface area contributed by atoms with Crippen LogP contribution in [0.2, 0.25) is 0 Å². The van der Waals surface area contributed by atoms with Gasteiger partial charge in [-0.1, -0.05) is 30.3 Å². The van der Waals surface area contributed by atoms with E-state index in [4.69, 9.17) is 4.74 Å². The van der Waals surface area contributed by atoms with Gasteiger partial charge in [-0.25, -0.2) is 4.98 Å². The number of amides is 1. The fourth-order valence-corrected chi connectivity index (χ4v) is 3.14. The Morgan fingerprint density at radius 3 is 2.80 bits per heavy atom. The van der Waals surface area contributed by atoms with Crippen LogP contribution in [0.25, 0.3) is 11.0 Å². The van der Waals surface area contributed by atoms with Crippen molar-refractivity contribution in [3.63, 3.8) is 0 Å². The molecule has 0 N–H and O–H groups in total. The van der Waals surface area contributed by atoms with Crippen molar-refractivity contribution in [3.05, 3.63) is 60.4 Å². The van der Waals surface area contributed by atoms with Crippen LogP contribution >= 0.6 is 0 Å². The zero-order chi connectivity index (χ0) is 17.2. The lowest BCUT2D eigenvalue weighted by Gasteiger charge is -2.17. The number of nitrogens with zero attached hydrogens (tertiary/aromatic N) is 3. The van der Waals surface area contributed by atoms with E-state index >= 15 is 0 Å². The predicted molar refractivity (Wildman–Crippen MR) is 93.2 cm³/mol. The molecule has 6 heteroatoms. The summed E-state index contributed by atoms with van der Waals surface area (Å²) in [6, 6.07) is 15.3. The number of anilines is 1. The fourth-order valence-electron chi connectivity index (χ4n) is 3.14. The molecule has 1 aliphatic heterocycles. The van der Waals surface area contributed by atoms with E-state index < -0.39 is 5.97 Å². The molecule has 126 valence electrons. The number of ether oxygens (including phenoxy) is 1. The molecular weight excluding hydrogens is 318 g/mol. The highest BCUT2D eigenvalue weighted by Crippen LogP contribution is 2.27. The van der Waals surface area contributed by atoms with Crippen molar-refractivity contribution in [3.8, 4) is 0 Å². The maximum atomic E-state index is 12.4. The molecule has 0 unspecified atom stereocenters. The lowest BCUT2D eigenvalue weighted by atomic mass is 10.2. The van der Waals surface area contributed by atoms with Gasteiger partial charge in [0.15, 0.2) is 6.61 Å². The van der Waals surface area contributed by atoms with Gasteiger partial charge >= 0.3 is 5.97 Å². The molecule has 1 amide bonds. The highest BCUT2D eigenvalue weighted by atomic mass is 16.5. The van der Waals surface area contributed by atoms with E-state index in [-0.39, 0.29) is 19.1 Å². The number of esters is 1. The number of rotatable bonds is 4. The molecule has 1 aliphatic rings. The average molecular weight is 335 g/mol. The second kappa shape index (κ2) is 6.39. The molecule has 3 aromatic rings. The Kier molecular flexibility index (Phi) is 3.93. The maximum absolute atomic E-state index is 12.4. The second-order valence-corrected chi connectivity index (χ2v) is 5.95. The van der Waals surface area contributed by atoms with Gasteiger partial charge in [0.05, 0.1) is 17.4 Å². The molecule has 0 atom stereocenters. The first-order chi connectivity index (χ1) is 12.2. The lowest BCUT2D eigenvalue weighted by molar-refractivity contribution is -0.148. The Morgan fingerprint density at radius 1 is 1.08 bits per heavy atom. The molecule has 0 aliphatic carbocycles. The lowest BCUT2D eigenvalue weighted by Crippen LogP contribution is -2.33. The number of carbonyl (C=O) groups is 2. The molecule has 0 fully saturated rings. The molecule has 0 saturated heterocycles. The maximum Gasteiger partial charge on any atom is 0.326 e. The first kappa shape index (κ1) is 15.4. The second-order valence-electron chi connectivity index (χ2n) is 5.95. The summed E-state index contributed by atoms with van der Waals surface area (Å²) in [7, 11) is 0. The molecule has 2 heterocycles. The van der Waals surface area contributed by atoms with Crippen LogP contribution in [0.3, 0.4) is 0 Å². The van der Waals surface area contributed by atoms with Gasteiger partial charge in [0.1, 0.15) is 6.54 Å². The van der Waals surface area contributed by atoms with Gasteiger partial charge in [0.2, 0.25) is 0 Å². The number of hydrogen-bond acceptors (Lipinski definition) is 4. The summed E-state index contributed by atoms with van der Waals surface area (Å²) in [6.07, 6.45) is 2.43. The van der Waals surface area contributed by atoms with Crippen LogP contribution in [0, 0.1) is 0 Å². The molecule has 0 spiro atoms. The average Bonchev–Trinajstić information content (AvgIpc) is 3.24. The predicted octanol–water partition coefficient (Wildman–Crippen LogP) is 2.17. The summed E-state index contributed by atoms with van der Waals surface area (Å²) in [5.41, 5.74) is 3.73. The Morgan fingerprint density at radius 2 is 1.88 bits per heavy atom. The minimum atomic E-state index is -0.455. The van der Waals surface area contributed by atoms with Crippen molar-refractivity contribution in [1.29, 1.82) is 0 Å². The van der Waals surface area contributed by atoms with Crippen LogP contribution in [-0.4, -0.2) is 34.6 Å². The first-order valence-electron chi connectivity index (χ1n) is 8.16. The van der Waals surface area contributed by atoms with Crippen molar-refractivity contribution in [2.75, 3.05) is 18.1 Å². The van der Waals surface area contributed by atoms with Crippen molar-refractivity contribution in [1.82, 2.24) is 9.55 Å². The third-order valence-electron chi connectivity index (χ3n) is 4.37. The molecule has 0 bridgehead atoms. The number of benzene rings is 2.